The van der Waals surface area contributed by atoms with Crippen LogP contribution in [0.25, 0.3) is 22.0 Å². The maximum Gasteiger partial charge on any atom is 0.350 e. The van der Waals surface area contributed by atoms with E-state index in [1.165, 1.54) is 17.0 Å². The fourth-order valence-corrected chi connectivity index (χ4v) is 5.61. The van der Waals surface area contributed by atoms with Crippen LogP contribution in [0.4, 0.5) is 4.39 Å². The first-order valence-electron chi connectivity index (χ1n) is 10.7. The van der Waals surface area contributed by atoms with Gasteiger partial charge in [0.1, 0.15) is 18.2 Å². The number of hydrogen-bond donors (Lipinski definition) is 1. The maximum absolute atomic E-state index is 15.5. The molecule has 4 atom stereocenters. The zero-order valence-electron chi connectivity index (χ0n) is 18.8. The van der Waals surface area contributed by atoms with Gasteiger partial charge in [0.05, 0.1) is 11.1 Å². The quantitative estimate of drug-likeness (QED) is 0.618. The fourth-order valence-electron chi connectivity index (χ4n) is 4.85. The summed E-state index contributed by atoms with van der Waals surface area (Å²) in [4.78, 5) is 21.9. The molecule has 9 nitrogen and oxygen atoms in total. The number of aromatic hydroxyl groups is 1. The van der Waals surface area contributed by atoms with E-state index in [0.717, 1.165) is 30.7 Å². The van der Waals surface area contributed by atoms with Gasteiger partial charge in [-0.15, -0.1) is 5.10 Å². The highest BCUT2D eigenvalue weighted by molar-refractivity contribution is 7.16. The summed E-state index contributed by atoms with van der Waals surface area (Å²) >= 11 is 1.16. The van der Waals surface area contributed by atoms with Crippen LogP contribution in [-0.2, 0) is 7.05 Å². The Bertz CT molecular complexity index is 1280. The second kappa shape index (κ2) is 7.56. The average molecular weight is 473 g/mol. The molecule has 174 valence electrons. The monoisotopic (exact) mass is 472 g/mol. The summed E-state index contributed by atoms with van der Waals surface area (Å²) in [5.41, 5.74) is -0.349. The first-order chi connectivity index (χ1) is 15.6. The number of halogens is 1. The molecule has 1 saturated carbocycles. The Morgan fingerprint density at radius 1 is 1.24 bits per heavy atom. The van der Waals surface area contributed by atoms with Crippen molar-refractivity contribution in [1.82, 2.24) is 29.6 Å². The summed E-state index contributed by atoms with van der Waals surface area (Å²) in [6.45, 7) is 4.77. The molecule has 6 rings (SSSR count). The minimum absolute atomic E-state index is 0.0549. The Morgan fingerprint density at radius 3 is 2.73 bits per heavy atom. The Labute approximate surface area is 193 Å². The number of piperidine rings is 2. The second-order valence-electron chi connectivity index (χ2n) is 9.49. The molecule has 2 bridgehead atoms. The van der Waals surface area contributed by atoms with Crippen molar-refractivity contribution in [3.05, 3.63) is 35.0 Å². The molecule has 3 aliphatic rings. The molecule has 4 heterocycles. The molecule has 1 aliphatic carbocycles. The third-order valence-corrected chi connectivity index (χ3v) is 8.04. The van der Waals surface area contributed by atoms with Gasteiger partial charge < -0.3 is 9.84 Å². The van der Waals surface area contributed by atoms with Crippen LogP contribution in [0.1, 0.15) is 26.7 Å². The van der Waals surface area contributed by atoms with Gasteiger partial charge in [-0.3, -0.25) is 9.47 Å². The maximum atomic E-state index is 15.5. The summed E-state index contributed by atoms with van der Waals surface area (Å²) in [5.74, 6) is 0.162. The van der Waals surface area contributed by atoms with Gasteiger partial charge in [-0.05, 0) is 38.9 Å². The Kier molecular flexibility index (Phi) is 5.02. The first-order valence-corrected chi connectivity index (χ1v) is 11.5. The van der Waals surface area contributed by atoms with Crippen LogP contribution in [-0.4, -0.2) is 66.1 Å². The Balaban J connectivity index is 1.39. The van der Waals surface area contributed by atoms with Crippen molar-refractivity contribution >= 4 is 11.3 Å². The average Bonchev–Trinajstić information content (AvgIpc) is 3.23. The molecule has 2 aliphatic heterocycles. The fraction of sp³-hybridized carbons (Fsp3) is 0.500. The van der Waals surface area contributed by atoms with E-state index >= 15 is 4.39 Å². The van der Waals surface area contributed by atoms with Crippen molar-refractivity contribution in [2.75, 3.05) is 13.6 Å². The van der Waals surface area contributed by atoms with Gasteiger partial charge in [0, 0.05) is 24.6 Å². The number of rotatable bonds is 4. The van der Waals surface area contributed by atoms with Gasteiger partial charge in [-0.25, -0.2) is 14.2 Å². The van der Waals surface area contributed by atoms with Crippen LogP contribution in [0.5, 0.6) is 10.9 Å². The van der Waals surface area contributed by atoms with Crippen LogP contribution < -0.4 is 10.4 Å². The van der Waals surface area contributed by atoms with Gasteiger partial charge in [-0.2, -0.15) is 4.98 Å². The van der Waals surface area contributed by atoms with Crippen molar-refractivity contribution in [3.63, 3.8) is 0 Å². The zero-order chi connectivity index (χ0) is 23.5. The highest BCUT2D eigenvalue weighted by Crippen LogP contribution is 2.52. The minimum atomic E-state index is -1.14. The molecule has 1 N–H and O–H groups in total. The lowest BCUT2D eigenvalue weighted by Crippen LogP contribution is -2.72. The van der Waals surface area contributed by atoms with E-state index < -0.39 is 23.5 Å². The van der Waals surface area contributed by atoms with Crippen molar-refractivity contribution < 1.29 is 14.2 Å². The minimum Gasteiger partial charge on any atom is -0.507 e. The predicted molar refractivity (Wildman–Crippen MR) is 121 cm³/mol. The predicted octanol–water partition coefficient (Wildman–Crippen LogP) is 2.66. The van der Waals surface area contributed by atoms with E-state index in [2.05, 4.69) is 32.0 Å². The molecular formula is C22H25FN6O3S. The lowest BCUT2D eigenvalue weighted by molar-refractivity contribution is -0.176. The van der Waals surface area contributed by atoms with E-state index in [-0.39, 0.29) is 22.2 Å². The number of alkyl halides is 1. The standard InChI is InChI=1S/C22H25FN6O3S/c1-21-7-8-22(2,29(4)10-21)15(23)16(21)32-20-27-26-18(33-20)13-6-5-12(9-14(13)30)17-24-11-28(3)19(31)25-17/h5-6,9,11,15-16,30H,7-8,10H2,1-4H3/t15-,16-,21+,22+/m0/s1. The lowest BCUT2D eigenvalue weighted by Gasteiger charge is -2.60. The smallest absolute Gasteiger partial charge is 0.350 e. The number of nitrogens with zero attached hydrogens (tertiary/aromatic N) is 6. The lowest BCUT2D eigenvalue weighted by atomic mass is 9.60. The molecule has 2 aromatic heterocycles. The number of phenolic OH excluding ortho intramolecular Hbond substituents is 1. The zero-order valence-corrected chi connectivity index (χ0v) is 19.6. The highest BCUT2D eigenvalue weighted by Gasteiger charge is 2.61. The molecule has 3 fully saturated rings. The van der Waals surface area contributed by atoms with Crippen molar-refractivity contribution in [3.8, 4) is 32.9 Å². The molecule has 3 aromatic rings. The molecule has 0 spiro atoms. The Morgan fingerprint density at radius 2 is 2.03 bits per heavy atom. The van der Waals surface area contributed by atoms with Crippen molar-refractivity contribution in [2.45, 2.75) is 44.5 Å². The molecule has 0 radical (unpaired) electrons. The van der Waals surface area contributed by atoms with Crippen LogP contribution in [0, 0.1) is 5.41 Å². The van der Waals surface area contributed by atoms with Gasteiger partial charge >= 0.3 is 5.69 Å². The molecule has 0 amide bonds. The van der Waals surface area contributed by atoms with Crippen LogP contribution in [0.3, 0.4) is 0 Å². The number of fused-ring (bicyclic) bond motifs is 3. The molecule has 0 unspecified atom stereocenters. The summed E-state index contributed by atoms with van der Waals surface area (Å²) < 4.78 is 22.8. The van der Waals surface area contributed by atoms with Crippen molar-refractivity contribution in [1.29, 1.82) is 0 Å². The van der Waals surface area contributed by atoms with Crippen LogP contribution in [0.15, 0.2) is 29.3 Å². The normalized spacial score (nSPS) is 29.4. The Hall–Kier alpha value is -2.92. The van der Waals surface area contributed by atoms with Gasteiger partial charge in [0.2, 0.25) is 0 Å². The largest absolute Gasteiger partial charge is 0.507 e. The second-order valence-corrected chi connectivity index (χ2v) is 10.4. The van der Waals surface area contributed by atoms with E-state index in [1.807, 2.05) is 14.0 Å². The third kappa shape index (κ3) is 3.50. The van der Waals surface area contributed by atoms with Gasteiger partial charge in [-0.1, -0.05) is 29.4 Å². The molecule has 11 heteroatoms. The summed E-state index contributed by atoms with van der Waals surface area (Å²) in [6, 6.07) is 4.83. The molecule has 1 aromatic carbocycles. The van der Waals surface area contributed by atoms with Crippen LogP contribution >= 0.6 is 11.3 Å². The number of aryl methyl sites for hydroxylation is 1. The number of hydrogen-bond acceptors (Lipinski definition) is 9. The highest BCUT2D eigenvalue weighted by atomic mass is 32.1. The third-order valence-electron chi connectivity index (χ3n) is 7.20. The van der Waals surface area contributed by atoms with E-state index in [0.29, 0.717) is 16.1 Å². The van der Waals surface area contributed by atoms with E-state index in [4.69, 9.17) is 4.74 Å². The SMILES string of the molecule is CN1C[C@@]2(C)CC[C@]1(C)[C@@H](F)[C@@H]2Oc1nnc(-c2ccc(-c3ncn(C)c(=O)n3)cc2O)s1. The van der Waals surface area contributed by atoms with Crippen LogP contribution in [0.2, 0.25) is 0 Å². The topological polar surface area (TPSA) is 106 Å². The van der Waals surface area contributed by atoms with E-state index in [1.54, 1.807) is 19.2 Å². The number of benzene rings is 1. The van der Waals surface area contributed by atoms with Gasteiger partial charge in [0.15, 0.2) is 17.0 Å². The summed E-state index contributed by atoms with van der Waals surface area (Å²) in [7, 11) is 3.53. The number of phenols is 1. The van der Waals surface area contributed by atoms with Gasteiger partial charge in [0.25, 0.3) is 5.19 Å². The van der Waals surface area contributed by atoms with Crippen molar-refractivity contribution in [2.24, 2.45) is 12.5 Å². The molecule has 33 heavy (non-hydrogen) atoms. The molecular weight excluding hydrogens is 447 g/mol. The first kappa shape index (κ1) is 21.9. The number of aromatic nitrogens is 5. The molecule has 2 saturated heterocycles. The van der Waals surface area contributed by atoms with E-state index in [9.17, 15) is 9.90 Å². The summed E-state index contributed by atoms with van der Waals surface area (Å²) in [6.07, 6.45) is 1.30. The number of ether oxygens (including phenoxy) is 1. The summed E-state index contributed by atoms with van der Waals surface area (Å²) in [5, 5.41) is 19.6.